The summed E-state index contributed by atoms with van der Waals surface area (Å²) in [6, 6.07) is 9.71. The second-order valence-electron chi connectivity index (χ2n) is 4.39. The lowest BCUT2D eigenvalue weighted by Gasteiger charge is -2.26. The Morgan fingerprint density at radius 1 is 1.17 bits per heavy atom. The van der Waals surface area contributed by atoms with Gasteiger partial charge in [0.2, 0.25) is 0 Å². The van der Waals surface area contributed by atoms with E-state index >= 15 is 0 Å². The monoisotopic (exact) mass is 253 g/mol. The Bertz CT molecular complexity index is 338. The predicted molar refractivity (Wildman–Crippen MR) is 68.0 cm³/mol. The molecule has 0 unspecified atom stereocenters. The largest absolute Gasteiger partial charge is 0.396 e. The van der Waals surface area contributed by atoms with Gasteiger partial charge in [-0.3, -0.25) is 0 Å². The smallest absolute Gasteiger partial charge is 0.0912 e. The fourth-order valence-electron chi connectivity index (χ4n) is 1.58. The molecule has 0 amide bonds. The number of aliphatic hydroxyl groups is 2. The molecule has 0 atom stereocenters. The highest BCUT2D eigenvalue weighted by Crippen LogP contribution is 2.21. The topological polar surface area (TPSA) is 79.1 Å². The van der Waals surface area contributed by atoms with Crippen molar-refractivity contribution in [3.63, 3.8) is 0 Å². The molecule has 1 aromatic rings. The highest BCUT2D eigenvalue weighted by Gasteiger charge is 2.29. The van der Waals surface area contributed by atoms with Crippen molar-refractivity contribution in [1.82, 2.24) is 0 Å². The summed E-state index contributed by atoms with van der Waals surface area (Å²) in [6.07, 6.45) is 0.401. The van der Waals surface area contributed by atoms with Gasteiger partial charge in [-0.2, -0.15) is 4.91 Å². The van der Waals surface area contributed by atoms with E-state index in [0.29, 0.717) is 19.6 Å². The maximum Gasteiger partial charge on any atom is 0.0912 e. The first-order valence-electron chi connectivity index (χ1n) is 5.89. The minimum atomic E-state index is -0.863. The van der Waals surface area contributed by atoms with Crippen molar-refractivity contribution in [2.75, 3.05) is 26.4 Å². The Hall–Kier alpha value is -1.30. The van der Waals surface area contributed by atoms with Crippen LogP contribution >= 0.6 is 0 Å². The molecule has 0 aromatic heterocycles. The normalized spacial score (nSPS) is 11.4. The molecule has 0 saturated carbocycles. The molecule has 18 heavy (non-hydrogen) atoms. The van der Waals surface area contributed by atoms with Crippen LogP contribution in [0.5, 0.6) is 0 Å². The molecule has 0 aliphatic heterocycles. The Labute approximate surface area is 106 Å². The van der Waals surface area contributed by atoms with Crippen LogP contribution in [0.25, 0.3) is 0 Å². The van der Waals surface area contributed by atoms with Crippen molar-refractivity contribution in [1.29, 1.82) is 0 Å². The zero-order valence-corrected chi connectivity index (χ0v) is 10.3. The zero-order valence-electron chi connectivity index (χ0n) is 10.3. The highest BCUT2D eigenvalue weighted by atomic mass is 16.5. The van der Waals surface area contributed by atoms with E-state index in [0.717, 1.165) is 5.56 Å². The maximum atomic E-state index is 10.3. The number of rotatable bonds is 9. The molecule has 5 nitrogen and oxygen atoms in total. The van der Waals surface area contributed by atoms with Crippen LogP contribution < -0.4 is 0 Å². The third kappa shape index (κ3) is 4.52. The van der Waals surface area contributed by atoms with Crippen LogP contribution in [-0.2, 0) is 11.3 Å². The Morgan fingerprint density at radius 3 is 2.39 bits per heavy atom. The molecule has 0 aliphatic rings. The van der Waals surface area contributed by atoms with Gasteiger partial charge in [0, 0.05) is 12.0 Å². The van der Waals surface area contributed by atoms with Gasteiger partial charge in [-0.1, -0.05) is 35.5 Å². The van der Waals surface area contributed by atoms with Gasteiger partial charge in [0.1, 0.15) is 0 Å². The van der Waals surface area contributed by atoms with E-state index < -0.39 is 5.41 Å². The molecule has 5 heteroatoms. The highest BCUT2D eigenvalue weighted by molar-refractivity contribution is 5.13. The molecular formula is C13H19NO4. The van der Waals surface area contributed by atoms with Gasteiger partial charge >= 0.3 is 0 Å². The van der Waals surface area contributed by atoms with Crippen LogP contribution in [0, 0.1) is 10.3 Å². The Kier molecular flexibility index (Phi) is 6.49. The molecule has 0 heterocycles. The summed E-state index contributed by atoms with van der Waals surface area (Å²) in [6.45, 7) is 0.191. The van der Waals surface area contributed by atoms with E-state index in [2.05, 4.69) is 5.18 Å². The van der Waals surface area contributed by atoms with Gasteiger partial charge in [0.15, 0.2) is 0 Å². The van der Waals surface area contributed by atoms with Gasteiger partial charge in [-0.15, -0.1) is 0 Å². The summed E-state index contributed by atoms with van der Waals surface area (Å²) in [5.74, 6) is 0. The van der Waals surface area contributed by atoms with Crippen molar-refractivity contribution in [2.24, 2.45) is 10.6 Å². The number of nitroso groups, excluding NO2 is 1. The van der Waals surface area contributed by atoms with Gasteiger partial charge in [-0.05, 0) is 12.0 Å². The first-order chi connectivity index (χ1) is 8.76. The summed E-state index contributed by atoms with van der Waals surface area (Å²) in [4.78, 5) is 10.3. The van der Waals surface area contributed by atoms with Crippen molar-refractivity contribution in [2.45, 2.75) is 13.0 Å². The van der Waals surface area contributed by atoms with E-state index in [-0.39, 0.29) is 19.8 Å². The molecule has 0 fully saturated rings. The van der Waals surface area contributed by atoms with E-state index in [1.807, 2.05) is 30.3 Å². The van der Waals surface area contributed by atoms with Crippen LogP contribution in [0.1, 0.15) is 12.0 Å². The van der Waals surface area contributed by atoms with E-state index in [9.17, 15) is 15.1 Å². The third-order valence-electron chi connectivity index (χ3n) is 2.96. The second-order valence-corrected chi connectivity index (χ2v) is 4.39. The van der Waals surface area contributed by atoms with Crippen LogP contribution in [0.3, 0.4) is 0 Å². The van der Waals surface area contributed by atoms with Crippen molar-refractivity contribution < 1.29 is 14.9 Å². The van der Waals surface area contributed by atoms with Crippen LogP contribution in [0.2, 0.25) is 0 Å². The van der Waals surface area contributed by atoms with Gasteiger partial charge in [-0.25, -0.2) is 0 Å². The van der Waals surface area contributed by atoms with E-state index in [1.165, 1.54) is 0 Å². The fraction of sp³-hybridized carbons (Fsp3) is 0.538. The molecule has 0 saturated heterocycles. The molecule has 100 valence electrons. The number of benzene rings is 1. The number of aliphatic hydroxyl groups excluding tert-OH is 2. The second kappa shape index (κ2) is 7.92. The van der Waals surface area contributed by atoms with Crippen molar-refractivity contribution in [3.8, 4) is 0 Å². The lowest BCUT2D eigenvalue weighted by molar-refractivity contribution is 0.0180. The molecule has 2 N–H and O–H groups in total. The standard InChI is InChI=1S/C13H19NO4/c15-10-13(11-16,9-14-17)6-7-18-8-12-4-2-1-3-5-12/h1-5,15-16H,6-11H2. The van der Waals surface area contributed by atoms with Crippen LogP contribution in [0.4, 0.5) is 0 Å². The summed E-state index contributed by atoms with van der Waals surface area (Å²) in [5.41, 5.74) is 0.197. The maximum absolute atomic E-state index is 10.3. The van der Waals surface area contributed by atoms with Gasteiger partial charge in [0.25, 0.3) is 0 Å². The molecule has 0 bridgehead atoms. The Balaban J connectivity index is 2.33. The molecular weight excluding hydrogens is 234 g/mol. The quantitative estimate of drug-likeness (QED) is 0.514. The van der Waals surface area contributed by atoms with E-state index in [1.54, 1.807) is 0 Å². The average molecular weight is 253 g/mol. The number of hydrogen-bond donors (Lipinski definition) is 2. The van der Waals surface area contributed by atoms with Crippen molar-refractivity contribution in [3.05, 3.63) is 40.8 Å². The SMILES string of the molecule is O=NCC(CO)(CO)CCOCc1ccccc1. The van der Waals surface area contributed by atoms with Gasteiger partial charge in [0.05, 0.1) is 26.4 Å². The van der Waals surface area contributed by atoms with Crippen LogP contribution in [0.15, 0.2) is 35.5 Å². The number of ether oxygens (including phenoxy) is 1. The number of nitrogens with zero attached hydrogens (tertiary/aromatic N) is 1. The molecule has 0 spiro atoms. The molecule has 1 rings (SSSR count). The minimum absolute atomic E-state index is 0.102. The molecule has 0 aliphatic carbocycles. The summed E-state index contributed by atoms with van der Waals surface area (Å²) in [7, 11) is 0. The minimum Gasteiger partial charge on any atom is -0.396 e. The average Bonchev–Trinajstić information content (AvgIpc) is 2.43. The fourth-order valence-corrected chi connectivity index (χ4v) is 1.58. The van der Waals surface area contributed by atoms with Crippen LogP contribution in [-0.4, -0.2) is 36.6 Å². The first kappa shape index (κ1) is 14.8. The van der Waals surface area contributed by atoms with Crippen molar-refractivity contribution >= 4 is 0 Å². The first-order valence-corrected chi connectivity index (χ1v) is 5.89. The predicted octanol–water partition coefficient (Wildman–Crippen LogP) is 1.33. The lowest BCUT2D eigenvalue weighted by Crippen LogP contribution is -2.34. The Morgan fingerprint density at radius 2 is 1.83 bits per heavy atom. The number of hydrogen-bond acceptors (Lipinski definition) is 5. The zero-order chi connectivity index (χ0) is 13.3. The molecule has 1 aromatic carbocycles. The summed E-state index contributed by atoms with van der Waals surface area (Å²) >= 11 is 0. The summed E-state index contributed by atoms with van der Waals surface area (Å²) in [5, 5.41) is 21.2. The lowest BCUT2D eigenvalue weighted by atomic mass is 9.87. The third-order valence-corrected chi connectivity index (χ3v) is 2.96. The summed E-state index contributed by atoms with van der Waals surface area (Å²) < 4.78 is 5.46. The van der Waals surface area contributed by atoms with Gasteiger partial charge < -0.3 is 14.9 Å². The van der Waals surface area contributed by atoms with E-state index in [4.69, 9.17) is 4.74 Å². The molecule has 0 radical (unpaired) electrons.